The summed E-state index contributed by atoms with van der Waals surface area (Å²) in [5.74, 6) is 4.36. The molecule has 3 aromatic rings. The van der Waals surface area contributed by atoms with Crippen LogP contribution in [0.5, 0.6) is 34.5 Å². The maximum absolute atomic E-state index is 6.46. The lowest BCUT2D eigenvalue weighted by Crippen LogP contribution is -2.40. The van der Waals surface area contributed by atoms with Crippen molar-refractivity contribution in [3.05, 3.63) is 65.7 Å². The van der Waals surface area contributed by atoms with Crippen LogP contribution in [0.15, 0.2) is 54.6 Å². The van der Waals surface area contributed by atoms with E-state index < -0.39 is 0 Å². The first-order valence-electron chi connectivity index (χ1n) is 10.8. The molecule has 33 heavy (non-hydrogen) atoms. The summed E-state index contributed by atoms with van der Waals surface area (Å²) in [6, 6.07) is 17.7. The number of hydrogen-bond donors (Lipinski definition) is 1. The molecule has 3 aromatic carbocycles. The van der Waals surface area contributed by atoms with Crippen molar-refractivity contribution in [1.82, 2.24) is 0 Å². The van der Waals surface area contributed by atoms with Crippen LogP contribution in [0.2, 0.25) is 0 Å². The van der Waals surface area contributed by atoms with Gasteiger partial charge in [0.15, 0.2) is 29.2 Å². The molecular formula is C26H27NO6. The summed E-state index contributed by atoms with van der Waals surface area (Å²) in [7, 11) is 4.97. The molecule has 0 radical (unpaired) electrons. The Kier molecular flexibility index (Phi) is 5.54. The standard InChI is InChI=1S/C26H27NO6/c1-15-24(18-6-5-7-20(29-3)25(18)30-4)19-12-22-23(32-14-31-22)13-21(19)33-26(15)27-16-8-10-17(28-2)11-9-16/h5-13,15,24,26-27H,14H2,1-4H3/t15-,24-,26+/m1/s1. The summed E-state index contributed by atoms with van der Waals surface area (Å²) >= 11 is 0. The molecule has 2 aliphatic rings. The minimum atomic E-state index is -0.299. The summed E-state index contributed by atoms with van der Waals surface area (Å²) in [5, 5.41) is 3.53. The summed E-state index contributed by atoms with van der Waals surface area (Å²) in [6.07, 6.45) is -0.299. The Morgan fingerprint density at radius 3 is 2.27 bits per heavy atom. The van der Waals surface area contributed by atoms with Gasteiger partial charge in [-0.05, 0) is 36.4 Å². The Morgan fingerprint density at radius 1 is 0.818 bits per heavy atom. The maximum Gasteiger partial charge on any atom is 0.231 e. The van der Waals surface area contributed by atoms with Crippen LogP contribution < -0.4 is 33.7 Å². The van der Waals surface area contributed by atoms with Crippen molar-refractivity contribution < 1.29 is 28.4 Å². The quantitative estimate of drug-likeness (QED) is 0.565. The van der Waals surface area contributed by atoms with Crippen LogP contribution in [0.1, 0.15) is 24.0 Å². The molecule has 0 aliphatic carbocycles. The van der Waals surface area contributed by atoms with Crippen LogP contribution in [-0.4, -0.2) is 34.4 Å². The van der Waals surface area contributed by atoms with E-state index in [9.17, 15) is 0 Å². The molecule has 2 heterocycles. The van der Waals surface area contributed by atoms with Crippen LogP contribution in [0.3, 0.4) is 0 Å². The molecule has 0 amide bonds. The van der Waals surface area contributed by atoms with Gasteiger partial charge in [-0.15, -0.1) is 0 Å². The monoisotopic (exact) mass is 449 g/mol. The smallest absolute Gasteiger partial charge is 0.231 e. The van der Waals surface area contributed by atoms with Gasteiger partial charge in [0.2, 0.25) is 6.79 Å². The third-order valence-electron chi connectivity index (χ3n) is 6.26. The van der Waals surface area contributed by atoms with Gasteiger partial charge in [-0.2, -0.15) is 0 Å². The fourth-order valence-corrected chi connectivity index (χ4v) is 4.61. The number of hydrogen-bond acceptors (Lipinski definition) is 7. The van der Waals surface area contributed by atoms with Crippen molar-refractivity contribution in [1.29, 1.82) is 0 Å². The molecule has 0 spiro atoms. The van der Waals surface area contributed by atoms with Crippen molar-refractivity contribution in [3.8, 4) is 34.5 Å². The third-order valence-corrected chi connectivity index (χ3v) is 6.26. The zero-order valence-electron chi connectivity index (χ0n) is 19.1. The lowest BCUT2D eigenvalue weighted by Gasteiger charge is -2.39. The minimum Gasteiger partial charge on any atom is -0.497 e. The molecule has 0 saturated heterocycles. The predicted octanol–water partition coefficient (Wildman–Crippen LogP) is 5.04. The van der Waals surface area contributed by atoms with Crippen molar-refractivity contribution in [2.45, 2.75) is 19.1 Å². The van der Waals surface area contributed by atoms with Gasteiger partial charge in [0.25, 0.3) is 0 Å². The minimum absolute atomic E-state index is 0.0379. The van der Waals surface area contributed by atoms with Gasteiger partial charge in [0, 0.05) is 34.7 Å². The Hall–Kier alpha value is -3.74. The van der Waals surface area contributed by atoms with Crippen LogP contribution in [0, 0.1) is 5.92 Å². The highest BCUT2D eigenvalue weighted by atomic mass is 16.7. The van der Waals surface area contributed by atoms with Gasteiger partial charge in [0.1, 0.15) is 11.5 Å². The van der Waals surface area contributed by atoms with Gasteiger partial charge in [-0.1, -0.05) is 19.1 Å². The number of benzene rings is 3. The number of para-hydroxylation sites is 1. The largest absolute Gasteiger partial charge is 0.497 e. The number of ether oxygens (including phenoxy) is 6. The summed E-state index contributed by atoms with van der Waals surface area (Å²) in [5.41, 5.74) is 2.98. The molecule has 0 fully saturated rings. The highest BCUT2D eigenvalue weighted by Gasteiger charge is 2.40. The van der Waals surface area contributed by atoms with Crippen molar-refractivity contribution in [3.63, 3.8) is 0 Å². The first kappa shape index (κ1) is 21.1. The topological polar surface area (TPSA) is 67.4 Å². The normalized spacial score (nSPS) is 20.4. The summed E-state index contributed by atoms with van der Waals surface area (Å²) < 4.78 is 34.4. The van der Waals surface area contributed by atoms with Crippen LogP contribution >= 0.6 is 0 Å². The highest BCUT2D eigenvalue weighted by molar-refractivity contribution is 5.60. The van der Waals surface area contributed by atoms with E-state index in [4.69, 9.17) is 28.4 Å². The molecule has 1 N–H and O–H groups in total. The molecule has 172 valence electrons. The SMILES string of the molecule is COc1ccc(N[C@H]2Oc3cc4c(cc3[C@@H](c3cccc(OC)c3OC)[C@H]2C)OCO4)cc1. The van der Waals surface area contributed by atoms with E-state index in [0.717, 1.165) is 34.1 Å². The van der Waals surface area contributed by atoms with E-state index in [2.05, 4.69) is 18.3 Å². The second kappa shape index (κ2) is 8.65. The Bertz CT molecular complexity index is 1150. The molecular weight excluding hydrogens is 422 g/mol. The van der Waals surface area contributed by atoms with Gasteiger partial charge < -0.3 is 33.7 Å². The van der Waals surface area contributed by atoms with Crippen LogP contribution in [-0.2, 0) is 0 Å². The van der Waals surface area contributed by atoms with Gasteiger partial charge in [-0.3, -0.25) is 0 Å². The van der Waals surface area contributed by atoms with Crippen molar-refractivity contribution in [2.75, 3.05) is 33.4 Å². The number of methoxy groups -OCH3 is 3. The molecule has 3 atom stereocenters. The van der Waals surface area contributed by atoms with Gasteiger partial charge in [0.05, 0.1) is 21.3 Å². The molecule has 0 saturated carbocycles. The number of rotatable bonds is 6. The number of nitrogens with one attached hydrogen (secondary N) is 1. The lowest BCUT2D eigenvalue weighted by atomic mass is 9.78. The highest BCUT2D eigenvalue weighted by Crippen LogP contribution is 2.52. The Morgan fingerprint density at radius 2 is 1.58 bits per heavy atom. The average Bonchev–Trinajstić information content (AvgIpc) is 3.30. The third kappa shape index (κ3) is 3.73. The lowest BCUT2D eigenvalue weighted by molar-refractivity contribution is 0.133. The van der Waals surface area contributed by atoms with Gasteiger partial charge in [-0.25, -0.2) is 0 Å². The van der Waals surface area contributed by atoms with E-state index in [1.54, 1.807) is 21.3 Å². The van der Waals surface area contributed by atoms with E-state index in [-0.39, 0.29) is 24.9 Å². The Balaban J connectivity index is 1.59. The van der Waals surface area contributed by atoms with E-state index in [1.165, 1.54) is 0 Å². The predicted molar refractivity (Wildman–Crippen MR) is 124 cm³/mol. The molecule has 7 heteroatoms. The van der Waals surface area contributed by atoms with E-state index >= 15 is 0 Å². The first-order valence-corrected chi connectivity index (χ1v) is 10.8. The number of fused-ring (bicyclic) bond motifs is 2. The first-order chi connectivity index (χ1) is 16.1. The molecule has 5 rings (SSSR count). The molecule has 0 bridgehead atoms. The second-order valence-electron chi connectivity index (χ2n) is 8.07. The second-order valence-corrected chi connectivity index (χ2v) is 8.07. The van der Waals surface area contributed by atoms with Crippen molar-refractivity contribution in [2.24, 2.45) is 5.92 Å². The van der Waals surface area contributed by atoms with Crippen molar-refractivity contribution >= 4 is 5.69 Å². The number of anilines is 1. The zero-order chi connectivity index (χ0) is 22.9. The molecule has 2 aliphatic heterocycles. The molecule has 0 aromatic heterocycles. The fraction of sp³-hybridized carbons (Fsp3) is 0.308. The van der Waals surface area contributed by atoms with E-state index in [0.29, 0.717) is 17.2 Å². The molecule has 7 nitrogen and oxygen atoms in total. The average molecular weight is 450 g/mol. The van der Waals surface area contributed by atoms with Gasteiger partial charge >= 0.3 is 0 Å². The van der Waals surface area contributed by atoms with Crippen LogP contribution in [0.4, 0.5) is 5.69 Å². The zero-order valence-corrected chi connectivity index (χ0v) is 19.1. The summed E-state index contributed by atoms with van der Waals surface area (Å²) in [4.78, 5) is 0. The summed E-state index contributed by atoms with van der Waals surface area (Å²) in [6.45, 7) is 2.37. The van der Waals surface area contributed by atoms with E-state index in [1.807, 2.05) is 48.5 Å². The fourth-order valence-electron chi connectivity index (χ4n) is 4.61. The maximum atomic E-state index is 6.46. The Labute approximate surface area is 193 Å². The van der Waals surface area contributed by atoms with Crippen LogP contribution in [0.25, 0.3) is 0 Å². The molecule has 0 unspecified atom stereocenters.